The SMILES string of the molecule is CN(CC1(CO)COC1)c1cc(Br)ccc1F. The topological polar surface area (TPSA) is 32.7 Å². The second-order valence-electron chi connectivity index (χ2n) is 4.60. The van der Waals surface area contributed by atoms with Crippen LogP contribution in [0.5, 0.6) is 0 Å². The van der Waals surface area contributed by atoms with Gasteiger partial charge in [0.25, 0.3) is 0 Å². The van der Waals surface area contributed by atoms with Crippen LogP contribution in [0.1, 0.15) is 0 Å². The number of halogens is 2. The third-order valence-corrected chi connectivity index (χ3v) is 3.54. The van der Waals surface area contributed by atoms with Crippen LogP contribution in [0.4, 0.5) is 10.1 Å². The summed E-state index contributed by atoms with van der Waals surface area (Å²) in [6, 6.07) is 4.83. The molecule has 1 aliphatic rings. The first kappa shape index (κ1) is 12.8. The van der Waals surface area contributed by atoms with Gasteiger partial charge >= 0.3 is 0 Å². The molecule has 0 bridgehead atoms. The molecular formula is C12H15BrFNO2. The van der Waals surface area contributed by atoms with Crippen LogP contribution in [0.3, 0.4) is 0 Å². The summed E-state index contributed by atoms with van der Waals surface area (Å²) in [5.74, 6) is -0.260. The molecule has 0 atom stereocenters. The number of rotatable bonds is 4. The van der Waals surface area contributed by atoms with Gasteiger partial charge in [-0.3, -0.25) is 0 Å². The maximum atomic E-state index is 13.7. The molecule has 1 fully saturated rings. The molecule has 1 aromatic rings. The number of hydrogen-bond acceptors (Lipinski definition) is 3. The summed E-state index contributed by atoms with van der Waals surface area (Å²) in [7, 11) is 1.82. The van der Waals surface area contributed by atoms with Crippen molar-refractivity contribution >= 4 is 21.6 Å². The van der Waals surface area contributed by atoms with Gasteiger partial charge in [-0.2, -0.15) is 0 Å². The number of aliphatic hydroxyl groups excluding tert-OH is 1. The van der Waals surface area contributed by atoms with E-state index in [1.54, 1.807) is 12.1 Å². The Labute approximate surface area is 108 Å². The number of nitrogens with zero attached hydrogens (tertiary/aromatic N) is 1. The van der Waals surface area contributed by atoms with Crippen molar-refractivity contribution in [1.29, 1.82) is 0 Å². The van der Waals surface area contributed by atoms with Crippen LogP contribution in [0.15, 0.2) is 22.7 Å². The summed E-state index contributed by atoms with van der Waals surface area (Å²) in [5.41, 5.74) is 0.280. The summed E-state index contributed by atoms with van der Waals surface area (Å²) in [6.07, 6.45) is 0. The predicted octanol–water partition coefficient (Wildman–Crippen LogP) is 2.03. The van der Waals surface area contributed by atoms with Gasteiger partial charge in [-0.15, -0.1) is 0 Å². The van der Waals surface area contributed by atoms with E-state index < -0.39 is 0 Å². The van der Waals surface area contributed by atoms with Gasteiger partial charge in [0, 0.05) is 18.1 Å². The minimum atomic E-state index is -0.260. The molecule has 5 heteroatoms. The highest BCUT2D eigenvalue weighted by Crippen LogP contribution is 2.31. The Kier molecular flexibility index (Phi) is 3.70. The van der Waals surface area contributed by atoms with Crippen LogP contribution in [0.25, 0.3) is 0 Å². The van der Waals surface area contributed by atoms with Crippen molar-refractivity contribution in [2.45, 2.75) is 0 Å². The standard InChI is InChI=1S/C12H15BrFNO2/c1-15(5-12(6-16)7-17-8-12)11-4-9(13)2-3-10(11)14/h2-4,16H,5-8H2,1H3. The first-order valence-electron chi connectivity index (χ1n) is 5.41. The lowest BCUT2D eigenvalue weighted by Gasteiger charge is -2.42. The zero-order valence-corrected chi connectivity index (χ0v) is 11.2. The van der Waals surface area contributed by atoms with E-state index in [-0.39, 0.29) is 17.8 Å². The minimum Gasteiger partial charge on any atom is -0.396 e. The Morgan fingerprint density at radius 1 is 1.53 bits per heavy atom. The van der Waals surface area contributed by atoms with Gasteiger partial charge in [0.05, 0.1) is 30.9 Å². The van der Waals surface area contributed by atoms with Gasteiger partial charge in [-0.05, 0) is 18.2 Å². The summed E-state index contributed by atoms with van der Waals surface area (Å²) >= 11 is 3.32. The third kappa shape index (κ3) is 2.61. The molecule has 0 spiro atoms. The summed E-state index contributed by atoms with van der Waals surface area (Å²) < 4.78 is 19.6. The quantitative estimate of drug-likeness (QED) is 0.924. The van der Waals surface area contributed by atoms with Gasteiger partial charge < -0.3 is 14.7 Å². The van der Waals surface area contributed by atoms with Crippen molar-refractivity contribution in [3.05, 3.63) is 28.5 Å². The van der Waals surface area contributed by atoms with E-state index in [0.717, 1.165) is 4.47 Å². The average Bonchev–Trinajstić information content (AvgIpc) is 2.26. The molecule has 0 saturated carbocycles. The second-order valence-corrected chi connectivity index (χ2v) is 5.52. The van der Waals surface area contributed by atoms with E-state index in [4.69, 9.17) is 4.74 Å². The molecule has 0 amide bonds. The van der Waals surface area contributed by atoms with Crippen LogP contribution in [-0.2, 0) is 4.74 Å². The van der Waals surface area contributed by atoms with E-state index >= 15 is 0 Å². The molecule has 1 saturated heterocycles. The van der Waals surface area contributed by atoms with Crippen LogP contribution in [0, 0.1) is 11.2 Å². The Morgan fingerprint density at radius 2 is 2.24 bits per heavy atom. The van der Waals surface area contributed by atoms with Gasteiger partial charge in [0.2, 0.25) is 0 Å². The van der Waals surface area contributed by atoms with Crippen molar-refractivity contribution in [3.8, 4) is 0 Å². The summed E-state index contributed by atoms with van der Waals surface area (Å²) in [4.78, 5) is 1.82. The summed E-state index contributed by atoms with van der Waals surface area (Å²) in [5, 5.41) is 9.35. The van der Waals surface area contributed by atoms with E-state index in [1.807, 2.05) is 11.9 Å². The highest BCUT2D eigenvalue weighted by Gasteiger charge is 2.39. The zero-order valence-electron chi connectivity index (χ0n) is 9.62. The van der Waals surface area contributed by atoms with Crippen LogP contribution in [0.2, 0.25) is 0 Å². The Balaban J connectivity index is 2.13. The van der Waals surface area contributed by atoms with Crippen molar-refractivity contribution in [2.24, 2.45) is 5.41 Å². The number of benzene rings is 1. The lowest BCUT2D eigenvalue weighted by atomic mass is 9.86. The maximum absolute atomic E-state index is 13.7. The molecule has 1 aliphatic heterocycles. The first-order chi connectivity index (χ1) is 8.06. The molecule has 3 nitrogen and oxygen atoms in total. The molecule has 0 unspecified atom stereocenters. The smallest absolute Gasteiger partial charge is 0.146 e. The molecule has 2 rings (SSSR count). The van der Waals surface area contributed by atoms with Crippen LogP contribution < -0.4 is 4.90 Å². The van der Waals surface area contributed by atoms with E-state index in [1.165, 1.54) is 6.07 Å². The highest BCUT2D eigenvalue weighted by atomic mass is 79.9. The normalized spacial score (nSPS) is 17.6. The monoisotopic (exact) mass is 303 g/mol. The Bertz CT molecular complexity index is 404. The van der Waals surface area contributed by atoms with E-state index in [2.05, 4.69) is 15.9 Å². The van der Waals surface area contributed by atoms with Crippen molar-refractivity contribution in [3.63, 3.8) is 0 Å². The fourth-order valence-electron chi connectivity index (χ4n) is 1.99. The fraction of sp³-hybridized carbons (Fsp3) is 0.500. The molecule has 0 radical (unpaired) electrons. The van der Waals surface area contributed by atoms with E-state index in [9.17, 15) is 9.50 Å². The van der Waals surface area contributed by atoms with Crippen molar-refractivity contribution in [2.75, 3.05) is 38.3 Å². The van der Waals surface area contributed by atoms with Crippen molar-refractivity contribution < 1.29 is 14.2 Å². The van der Waals surface area contributed by atoms with E-state index in [0.29, 0.717) is 25.4 Å². The van der Waals surface area contributed by atoms with Gasteiger partial charge in [0.15, 0.2) is 0 Å². The molecule has 17 heavy (non-hydrogen) atoms. The third-order valence-electron chi connectivity index (χ3n) is 3.04. The number of anilines is 1. The summed E-state index contributed by atoms with van der Waals surface area (Å²) in [6.45, 7) is 1.71. The molecule has 0 aromatic heterocycles. The average molecular weight is 304 g/mol. The first-order valence-corrected chi connectivity index (χ1v) is 6.20. The largest absolute Gasteiger partial charge is 0.396 e. The number of aliphatic hydroxyl groups is 1. The van der Waals surface area contributed by atoms with Crippen LogP contribution in [-0.4, -0.2) is 38.5 Å². The molecular weight excluding hydrogens is 289 g/mol. The van der Waals surface area contributed by atoms with Gasteiger partial charge in [0.1, 0.15) is 5.82 Å². The van der Waals surface area contributed by atoms with Gasteiger partial charge in [-0.25, -0.2) is 4.39 Å². The van der Waals surface area contributed by atoms with Crippen LogP contribution >= 0.6 is 15.9 Å². The highest BCUT2D eigenvalue weighted by molar-refractivity contribution is 9.10. The van der Waals surface area contributed by atoms with Crippen molar-refractivity contribution in [1.82, 2.24) is 0 Å². The molecule has 1 N–H and O–H groups in total. The molecule has 94 valence electrons. The lowest BCUT2D eigenvalue weighted by molar-refractivity contribution is -0.130. The zero-order chi connectivity index (χ0) is 12.5. The maximum Gasteiger partial charge on any atom is 0.146 e. The Hall–Kier alpha value is -0.650. The minimum absolute atomic E-state index is 0.0625. The lowest BCUT2D eigenvalue weighted by Crippen LogP contribution is -2.52. The fourth-order valence-corrected chi connectivity index (χ4v) is 2.34. The molecule has 1 heterocycles. The molecule has 1 aromatic carbocycles. The molecule has 0 aliphatic carbocycles. The number of hydrogen-bond donors (Lipinski definition) is 1. The number of ether oxygens (including phenoxy) is 1. The van der Waals surface area contributed by atoms with Gasteiger partial charge in [-0.1, -0.05) is 15.9 Å². The Morgan fingerprint density at radius 3 is 2.76 bits per heavy atom. The predicted molar refractivity (Wildman–Crippen MR) is 67.7 cm³/mol. The second kappa shape index (κ2) is 4.92.